The molecule has 1 heterocycles. The lowest BCUT2D eigenvalue weighted by molar-refractivity contribution is 0.173. The zero-order valence-electron chi connectivity index (χ0n) is 13.4. The molecule has 5 nitrogen and oxygen atoms in total. The van der Waals surface area contributed by atoms with Gasteiger partial charge in [-0.1, -0.05) is 35.6 Å². The fourth-order valence-electron chi connectivity index (χ4n) is 3.97. The molecule has 2 aliphatic rings. The van der Waals surface area contributed by atoms with E-state index >= 15 is 0 Å². The van der Waals surface area contributed by atoms with Crippen molar-refractivity contribution in [1.29, 1.82) is 0 Å². The molecule has 2 aromatic rings. The van der Waals surface area contributed by atoms with Gasteiger partial charge in [-0.15, -0.1) is 16.8 Å². The van der Waals surface area contributed by atoms with Gasteiger partial charge in [0.05, 0.1) is 0 Å². The van der Waals surface area contributed by atoms with E-state index < -0.39 is 0 Å². The second-order valence-electron chi connectivity index (χ2n) is 6.98. The van der Waals surface area contributed by atoms with Gasteiger partial charge in [-0.25, -0.2) is 0 Å². The zero-order chi connectivity index (χ0) is 15.7. The van der Waals surface area contributed by atoms with Crippen molar-refractivity contribution in [2.75, 3.05) is 13.1 Å². The van der Waals surface area contributed by atoms with Gasteiger partial charge in [-0.2, -0.15) is 5.21 Å². The van der Waals surface area contributed by atoms with Crippen molar-refractivity contribution in [1.82, 2.24) is 25.5 Å². The van der Waals surface area contributed by atoms with Crippen LogP contribution in [0, 0.1) is 5.41 Å². The van der Waals surface area contributed by atoms with Crippen molar-refractivity contribution in [2.24, 2.45) is 5.41 Å². The van der Waals surface area contributed by atoms with Gasteiger partial charge in [0.25, 0.3) is 0 Å². The fourth-order valence-corrected chi connectivity index (χ4v) is 3.97. The van der Waals surface area contributed by atoms with E-state index in [1.165, 1.54) is 36.8 Å². The van der Waals surface area contributed by atoms with Crippen molar-refractivity contribution >= 4 is 0 Å². The molecule has 4 rings (SSSR count). The topological polar surface area (TPSA) is 57.7 Å². The third kappa shape index (κ3) is 2.93. The quantitative estimate of drug-likeness (QED) is 0.799. The third-order valence-electron chi connectivity index (χ3n) is 5.32. The number of tetrazole rings is 1. The summed E-state index contributed by atoms with van der Waals surface area (Å²) in [4.78, 5) is 2.60. The molecule has 1 atom stereocenters. The maximum Gasteiger partial charge on any atom is 0.175 e. The van der Waals surface area contributed by atoms with E-state index in [0.29, 0.717) is 11.5 Å². The Bertz CT molecular complexity index is 674. The second-order valence-corrected chi connectivity index (χ2v) is 6.98. The average molecular weight is 309 g/mol. The van der Waals surface area contributed by atoms with E-state index in [2.05, 4.69) is 56.4 Å². The van der Waals surface area contributed by atoms with Crippen molar-refractivity contribution < 1.29 is 0 Å². The summed E-state index contributed by atoms with van der Waals surface area (Å²) in [6.45, 7) is 6.00. The van der Waals surface area contributed by atoms with Gasteiger partial charge in [0.2, 0.25) is 0 Å². The van der Waals surface area contributed by atoms with Crippen LogP contribution < -0.4 is 0 Å². The summed E-state index contributed by atoms with van der Waals surface area (Å²) in [5, 5.41) is 14.5. The molecule has 1 saturated carbocycles. The van der Waals surface area contributed by atoms with E-state index in [0.717, 1.165) is 25.3 Å². The molecule has 120 valence electrons. The molecular formula is C18H23N5. The van der Waals surface area contributed by atoms with Crippen LogP contribution in [0.4, 0.5) is 0 Å². The van der Waals surface area contributed by atoms with E-state index in [1.54, 1.807) is 0 Å². The molecule has 1 fully saturated rings. The predicted molar refractivity (Wildman–Crippen MR) is 88.8 cm³/mol. The van der Waals surface area contributed by atoms with Gasteiger partial charge in [0, 0.05) is 25.6 Å². The molecule has 5 heteroatoms. The van der Waals surface area contributed by atoms with Crippen LogP contribution in [0.1, 0.15) is 42.3 Å². The standard InChI is InChI=1S/C18H23N5/c1-2-11-23(16-8-7-14-5-3-4-6-15(14)16)13-18(9-10-18)12-17-19-21-22-20-17/h2-6,16H,1,7-13H2,(H,19,20,21,22). The molecule has 0 spiro atoms. The fraction of sp³-hybridized carbons (Fsp3) is 0.500. The highest BCUT2D eigenvalue weighted by Gasteiger charge is 2.46. The molecule has 1 aromatic carbocycles. The monoisotopic (exact) mass is 309 g/mol. The minimum atomic E-state index is 0.324. The van der Waals surface area contributed by atoms with Gasteiger partial charge >= 0.3 is 0 Å². The molecular weight excluding hydrogens is 286 g/mol. The van der Waals surface area contributed by atoms with Crippen LogP contribution in [0.15, 0.2) is 36.9 Å². The maximum absolute atomic E-state index is 4.14. The summed E-state index contributed by atoms with van der Waals surface area (Å²) < 4.78 is 0. The summed E-state index contributed by atoms with van der Waals surface area (Å²) in [6, 6.07) is 9.40. The number of nitrogens with one attached hydrogen (secondary N) is 1. The zero-order valence-corrected chi connectivity index (χ0v) is 13.4. The number of benzene rings is 1. The van der Waals surface area contributed by atoms with Crippen molar-refractivity contribution in [2.45, 2.75) is 38.1 Å². The molecule has 2 aliphatic carbocycles. The van der Waals surface area contributed by atoms with Crippen LogP contribution in [0.5, 0.6) is 0 Å². The number of hydrogen-bond acceptors (Lipinski definition) is 4. The maximum atomic E-state index is 4.14. The highest BCUT2D eigenvalue weighted by atomic mass is 15.5. The van der Waals surface area contributed by atoms with Gasteiger partial charge in [-0.05, 0) is 42.2 Å². The summed E-state index contributed by atoms with van der Waals surface area (Å²) in [5.41, 5.74) is 3.34. The van der Waals surface area contributed by atoms with E-state index in [4.69, 9.17) is 0 Å². The normalized spacial score (nSPS) is 21.3. The minimum Gasteiger partial charge on any atom is -0.292 e. The summed E-state index contributed by atoms with van der Waals surface area (Å²) >= 11 is 0. The number of hydrogen-bond donors (Lipinski definition) is 1. The first-order valence-corrected chi connectivity index (χ1v) is 8.45. The molecule has 0 aliphatic heterocycles. The molecule has 1 aromatic heterocycles. The number of aromatic nitrogens is 4. The van der Waals surface area contributed by atoms with Gasteiger partial charge in [-0.3, -0.25) is 4.90 Å². The van der Waals surface area contributed by atoms with Crippen molar-refractivity contribution in [3.8, 4) is 0 Å². The first kappa shape index (κ1) is 14.6. The average Bonchev–Trinajstić information content (AvgIpc) is 2.98. The Balaban J connectivity index is 1.52. The third-order valence-corrected chi connectivity index (χ3v) is 5.32. The summed E-state index contributed by atoms with van der Waals surface area (Å²) in [5.74, 6) is 0.841. The second kappa shape index (κ2) is 5.89. The molecule has 0 bridgehead atoms. The van der Waals surface area contributed by atoms with E-state index in [1.807, 2.05) is 6.08 Å². The van der Waals surface area contributed by atoms with Gasteiger partial charge in [0.15, 0.2) is 5.82 Å². The Hall–Kier alpha value is -2.01. The first-order chi connectivity index (χ1) is 11.3. The summed E-state index contributed by atoms with van der Waals surface area (Å²) in [7, 11) is 0. The van der Waals surface area contributed by atoms with E-state index in [9.17, 15) is 0 Å². The number of H-pyrrole nitrogens is 1. The Labute approximate surface area is 136 Å². The lowest BCUT2D eigenvalue weighted by Gasteiger charge is -2.32. The van der Waals surface area contributed by atoms with Gasteiger partial charge < -0.3 is 0 Å². The molecule has 0 saturated heterocycles. The molecule has 1 N–H and O–H groups in total. The first-order valence-electron chi connectivity index (χ1n) is 8.45. The number of aryl methyl sites for hydroxylation is 1. The van der Waals surface area contributed by atoms with Crippen molar-refractivity contribution in [3.63, 3.8) is 0 Å². The smallest absolute Gasteiger partial charge is 0.175 e. The molecule has 23 heavy (non-hydrogen) atoms. The lowest BCUT2D eigenvalue weighted by Crippen LogP contribution is -2.34. The summed E-state index contributed by atoms with van der Waals surface area (Å²) in [6.07, 6.45) is 7.86. The Kier molecular flexibility index (Phi) is 3.73. The van der Waals surface area contributed by atoms with E-state index in [-0.39, 0.29) is 0 Å². The number of rotatable bonds is 7. The van der Waals surface area contributed by atoms with Crippen LogP contribution in [-0.4, -0.2) is 38.6 Å². The molecule has 0 amide bonds. The SMILES string of the molecule is C=CCN(CC1(Cc2nn[nH]n2)CC1)C1CCc2ccccc21. The number of aromatic amines is 1. The predicted octanol–water partition coefficient (Wildman–Crippen LogP) is 2.70. The largest absolute Gasteiger partial charge is 0.292 e. The molecule has 0 radical (unpaired) electrons. The Morgan fingerprint density at radius 1 is 1.35 bits per heavy atom. The highest BCUT2D eigenvalue weighted by Crippen LogP contribution is 2.50. The van der Waals surface area contributed by atoms with Crippen molar-refractivity contribution in [3.05, 3.63) is 53.9 Å². The van der Waals surface area contributed by atoms with Crippen LogP contribution in [0.25, 0.3) is 0 Å². The van der Waals surface area contributed by atoms with Crippen LogP contribution >= 0.6 is 0 Å². The lowest BCUT2D eigenvalue weighted by atomic mass is 9.98. The highest BCUT2D eigenvalue weighted by molar-refractivity contribution is 5.34. The van der Waals surface area contributed by atoms with Crippen LogP contribution in [-0.2, 0) is 12.8 Å². The minimum absolute atomic E-state index is 0.324. The number of fused-ring (bicyclic) bond motifs is 1. The van der Waals surface area contributed by atoms with Crippen LogP contribution in [0.3, 0.4) is 0 Å². The Morgan fingerprint density at radius 3 is 2.96 bits per heavy atom. The number of nitrogens with zero attached hydrogens (tertiary/aromatic N) is 4. The van der Waals surface area contributed by atoms with Crippen LogP contribution in [0.2, 0.25) is 0 Å². The molecule has 1 unspecified atom stereocenters. The van der Waals surface area contributed by atoms with Gasteiger partial charge in [0.1, 0.15) is 0 Å². The Morgan fingerprint density at radius 2 is 2.22 bits per heavy atom.